The zero-order valence-corrected chi connectivity index (χ0v) is 14.6. The summed E-state index contributed by atoms with van der Waals surface area (Å²) < 4.78 is 1.76. The van der Waals surface area contributed by atoms with Gasteiger partial charge < -0.3 is 5.32 Å². The second kappa shape index (κ2) is 9.01. The van der Waals surface area contributed by atoms with E-state index in [2.05, 4.69) is 29.5 Å². The van der Waals surface area contributed by atoms with E-state index in [0.717, 1.165) is 18.4 Å². The average Bonchev–Trinajstić information content (AvgIpc) is 2.99. The van der Waals surface area contributed by atoms with Crippen LogP contribution in [0.3, 0.4) is 0 Å². The van der Waals surface area contributed by atoms with Crippen molar-refractivity contribution >= 4 is 12.0 Å². The molecule has 0 saturated heterocycles. The van der Waals surface area contributed by atoms with Gasteiger partial charge in [-0.2, -0.15) is 0 Å². The maximum atomic E-state index is 11.9. The predicted octanol–water partition coefficient (Wildman–Crippen LogP) is 3.28. The molecule has 0 aliphatic heterocycles. The number of amides is 1. The Morgan fingerprint density at radius 2 is 1.96 bits per heavy atom. The molecular formula is C19H26N4O. The Bertz CT molecular complexity index is 661. The number of nitrogens with one attached hydrogen (secondary N) is 1. The van der Waals surface area contributed by atoms with Gasteiger partial charge in [-0.05, 0) is 37.3 Å². The summed E-state index contributed by atoms with van der Waals surface area (Å²) in [5, 5.41) is 11.1. The molecule has 0 saturated carbocycles. The number of carbonyl (C=O) groups is 1. The van der Waals surface area contributed by atoms with Gasteiger partial charge in [0.15, 0.2) is 0 Å². The third-order valence-electron chi connectivity index (χ3n) is 3.71. The first-order valence-corrected chi connectivity index (χ1v) is 8.45. The maximum absolute atomic E-state index is 11.9. The number of rotatable bonds is 8. The molecule has 1 amide bonds. The highest BCUT2D eigenvalue weighted by Gasteiger charge is 2.06. The summed E-state index contributed by atoms with van der Waals surface area (Å²) in [7, 11) is 0. The van der Waals surface area contributed by atoms with Crippen LogP contribution in [0.2, 0.25) is 0 Å². The Morgan fingerprint density at radius 1 is 1.21 bits per heavy atom. The zero-order valence-electron chi connectivity index (χ0n) is 14.6. The van der Waals surface area contributed by atoms with Crippen LogP contribution < -0.4 is 5.32 Å². The lowest BCUT2D eigenvalue weighted by Gasteiger charge is -2.13. The molecular weight excluding hydrogens is 300 g/mol. The van der Waals surface area contributed by atoms with E-state index in [1.165, 1.54) is 6.08 Å². The van der Waals surface area contributed by atoms with Gasteiger partial charge in [-0.3, -0.25) is 4.79 Å². The van der Waals surface area contributed by atoms with Crippen molar-refractivity contribution < 1.29 is 4.79 Å². The van der Waals surface area contributed by atoms with E-state index in [0.29, 0.717) is 18.2 Å². The highest BCUT2D eigenvalue weighted by atomic mass is 16.1. The number of aromatic nitrogens is 3. The SMILES string of the molecule is CC(C)CCC(C)NC(=O)/C=C/c1cn(Cc2ccccc2)nn1. The second-order valence-electron chi connectivity index (χ2n) is 6.54. The Hall–Kier alpha value is -2.43. The lowest BCUT2D eigenvalue weighted by molar-refractivity contribution is -0.117. The van der Waals surface area contributed by atoms with Gasteiger partial charge in [0.05, 0.1) is 12.7 Å². The van der Waals surface area contributed by atoms with E-state index in [9.17, 15) is 4.79 Å². The van der Waals surface area contributed by atoms with E-state index >= 15 is 0 Å². The average molecular weight is 326 g/mol. The van der Waals surface area contributed by atoms with E-state index in [1.807, 2.05) is 43.5 Å². The van der Waals surface area contributed by atoms with Gasteiger partial charge in [-0.15, -0.1) is 5.10 Å². The number of hydrogen-bond donors (Lipinski definition) is 1. The van der Waals surface area contributed by atoms with Crippen molar-refractivity contribution in [2.24, 2.45) is 5.92 Å². The van der Waals surface area contributed by atoms with Gasteiger partial charge in [-0.25, -0.2) is 4.68 Å². The second-order valence-corrected chi connectivity index (χ2v) is 6.54. The van der Waals surface area contributed by atoms with Crippen LogP contribution in [-0.4, -0.2) is 26.9 Å². The van der Waals surface area contributed by atoms with Crippen LogP contribution in [0, 0.1) is 5.92 Å². The van der Waals surface area contributed by atoms with Gasteiger partial charge in [0.2, 0.25) is 5.91 Å². The summed E-state index contributed by atoms with van der Waals surface area (Å²) in [6.45, 7) is 7.07. The monoisotopic (exact) mass is 326 g/mol. The van der Waals surface area contributed by atoms with Crippen molar-refractivity contribution in [3.05, 3.63) is 53.9 Å². The van der Waals surface area contributed by atoms with Crippen LogP contribution in [0.5, 0.6) is 0 Å². The fourth-order valence-electron chi connectivity index (χ4n) is 2.35. The van der Waals surface area contributed by atoms with Gasteiger partial charge in [-0.1, -0.05) is 49.4 Å². The molecule has 128 valence electrons. The molecule has 0 bridgehead atoms. The molecule has 1 unspecified atom stereocenters. The first-order chi connectivity index (χ1) is 11.5. The Labute approximate surface area is 143 Å². The lowest BCUT2D eigenvalue weighted by atomic mass is 10.0. The molecule has 0 fully saturated rings. The molecule has 5 heteroatoms. The van der Waals surface area contributed by atoms with E-state index in [1.54, 1.807) is 10.8 Å². The molecule has 1 heterocycles. The van der Waals surface area contributed by atoms with Crippen LogP contribution in [0.25, 0.3) is 6.08 Å². The summed E-state index contributed by atoms with van der Waals surface area (Å²) >= 11 is 0. The molecule has 1 atom stereocenters. The largest absolute Gasteiger partial charge is 0.350 e. The first kappa shape index (κ1) is 17.9. The molecule has 5 nitrogen and oxygen atoms in total. The molecule has 0 aliphatic carbocycles. The fourth-order valence-corrected chi connectivity index (χ4v) is 2.35. The third kappa shape index (κ3) is 6.36. The van der Waals surface area contributed by atoms with Crippen molar-refractivity contribution in [2.75, 3.05) is 0 Å². The smallest absolute Gasteiger partial charge is 0.244 e. The van der Waals surface area contributed by atoms with Crippen LogP contribution >= 0.6 is 0 Å². The maximum Gasteiger partial charge on any atom is 0.244 e. The van der Waals surface area contributed by atoms with Crippen LogP contribution in [0.15, 0.2) is 42.6 Å². The van der Waals surface area contributed by atoms with Crippen LogP contribution in [0.1, 0.15) is 44.9 Å². The Balaban J connectivity index is 1.82. The van der Waals surface area contributed by atoms with E-state index in [4.69, 9.17) is 0 Å². The lowest BCUT2D eigenvalue weighted by Crippen LogP contribution is -2.31. The molecule has 0 radical (unpaired) electrons. The number of hydrogen-bond acceptors (Lipinski definition) is 3. The molecule has 2 rings (SSSR count). The number of benzene rings is 1. The minimum absolute atomic E-state index is 0.0936. The number of nitrogens with zero attached hydrogens (tertiary/aromatic N) is 3. The zero-order chi connectivity index (χ0) is 17.4. The third-order valence-corrected chi connectivity index (χ3v) is 3.71. The number of carbonyl (C=O) groups excluding carboxylic acids is 1. The minimum atomic E-state index is -0.0936. The molecule has 0 aliphatic rings. The van der Waals surface area contributed by atoms with Gasteiger partial charge in [0.1, 0.15) is 5.69 Å². The van der Waals surface area contributed by atoms with Gasteiger partial charge in [0, 0.05) is 12.1 Å². The topological polar surface area (TPSA) is 59.8 Å². The van der Waals surface area contributed by atoms with E-state index in [-0.39, 0.29) is 11.9 Å². The molecule has 24 heavy (non-hydrogen) atoms. The van der Waals surface area contributed by atoms with Crippen molar-refractivity contribution in [3.8, 4) is 0 Å². The summed E-state index contributed by atoms with van der Waals surface area (Å²) in [5.74, 6) is 0.559. The predicted molar refractivity (Wildman–Crippen MR) is 96.3 cm³/mol. The van der Waals surface area contributed by atoms with Crippen molar-refractivity contribution in [1.29, 1.82) is 0 Å². The molecule has 2 aromatic rings. The Kier molecular flexibility index (Phi) is 6.73. The van der Waals surface area contributed by atoms with Gasteiger partial charge in [0.25, 0.3) is 0 Å². The minimum Gasteiger partial charge on any atom is -0.350 e. The molecule has 1 aromatic heterocycles. The molecule has 1 N–H and O–H groups in total. The Morgan fingerprint density at radius 3 is 2.67 bits per heavy atom. The van der Waals surface area contributed by atoms with Crippen molar-refractivity contribution in [3.63, 3.8) is 0 Å². The van der Waals surface area contributed by atoms with Crippen LogP contribution in [0.4, 0.5) is 0 Å². The summed E-state index contributed by atoms with van der Waals surface area (Å²) in [6, 6.07) is 10.3. The highest BCUT2D eigenvalue weighted by molar-refractivity contribution is 5.91. The normalized spacial score (nSPS) is 12.7. The van der Waals surface area contributed by atoms with Gasteiger partial charge >= 0.3 is 0 Å². The quantitative estimate of drug-likeness (QED) is 0.757. The summed E-state index contributed by atoms with van der Waals surface area (Å²) in [6.07, 6.45) is 7.14. The first-order valence-electron chi connectivity index (χ1n) is 8.45. The van der Waals surface area contributed by atoms with Crippen LogP contribution in [-0.2, 0) is 11.3 Å². The summed E-state index contributed by atoms with van der Waals surface area (Å²) in [5.41, 5.74) is 1.84. The van der Waals surface area contributed by atoms with Crippen molar-refractivity contribution in [2.45, 2.75) is 46.2 Å². The molecule has 1 aromatic carbocycles. The van der Waals surface area contributed by atoms with E-state index < -0.39 is 0 Å². The summed E-state index contributed by atoms with van der Waals surface area (Å²) in [4.78, 5) is 11.9. The fraction of sp³-hybridized carbons (Fsp3) is 0.421. The standard InChI is InChI=1S/C19H26N4O/c1-15(2)9-10-16(3)20-19(24)12-11-18-14-23(22-21-18)13-17-7-5-4-6-8-17/h4-8,11-12,14-16H,9-10,13H2,1-3H3,(H,20,24)/b12-11+. The van der Waals surface area contributed by atoms with Crippen molar-refractivity contribution in [1.82, 2.24) is 20.3 Å². The molecule has 0 spiro atoms. The highest BCUT2D eigenvalue weighted by Crippen LogP contribution is 2.06.